The molecule has 0 unspecified atom stereocenters. The van der Waals surface area contributed by atoms with Crippen molar-refractivity contribution in [1.29, 1.82) is 0 Å². The Kier molecular flexibility index (Phi) is 5.02. The van der Waals surface area contributed by atoms with E-state index in [0.29, 0.717) is 11.9 Å². The predicted molar refractivity (Wildman–Crippen MR) is 105 cm³/mol. The van der Waals surface area contributed by atoms with Crippen LogP contribution < -0.4 is 15.4 Å². The molecule has 6 heteroatoms. The molecule has 1 heterocycles. The van der Waals surface area contributed by atoms with E-state index in [2.05, 4.69) is 65.4 Å². The van der Waals surface area contributed by atoms with Crippen molar-refractivity contribution in [3.8, 4) is 6.01 Å². The van der Waals surface area contributed by atoms with Crippen molar-refractivity contribution in [3.05, 3.63) is 58.7 Å². The summed E-state index contributed by atoms with van der Waals surface area (Å²) in [5.41, 5.74) is 6.52. The van der Waals surface area contributed by atoms with Gasteiger partial charge in [0.1, 0.15) is 0 Å². The van der Waals surface area contributed by atoms with Crippen molar-refractivity contribution in [2.75, 3.05) is 17.7 Å². The quantitative estimate of drug-likeness (QED) is 0.701. The average Bonchev–Trinajstić information content (AvgIpc) is 2.52. The number of hydrogen-bond acceptors (Lipinski definition) is 6. The summed E-state index contributed by atoms with van der Waals surface area (Å²) < 4.78 is 5.22. The highest BCUT2D eigenvalue weighted by Gasteiger charge is 2.09. The summed E-state index contributed by atoms with van der Waals surface area (Å²) in [6.45, 7) is 8.22. The van der Waals surface area contributed by atoms with Gasteiger partial charge in [0.2, 0.25) is 11.9 Å². The van der Waals surface area contributed by atoms with Crippen molar-refractivity contribution in [1.82, 2.24) is 15.0 Å². The monoisotopic (exact) mass is 349 g/mol. The van der Waals surface area contributed by atoms with E-state index >= 15 is 0 Å². The number of nitrogens with zero attached hydrogens (tertiary/aromatic N) is 3. The van der Waals surface area contributed by atoms with Crippen LogP contribution in [0.15, 0.2) is 36.4 Å². The third kappa shape index (κ3) is 4.47. The zero-order valence-electron chi connectivity index (χ0n) is 15.7. The maximum atomic E-state index is 5.22. The minimum atomic E-state index is 0.249. The topological polar surface area (TPSA) is 72.0 Å². The molecule has 2 N–H and O–H groups in total. The molecule has 0 radical (unpaired) electrons. The average molecular weight is 349 g/mol. The van der Waals surface area contributed by atoms with Crippen molar-refractivity contribution in [3.63, 3.8) is 0 Å². The van der Waals surface area contributed by atoms with Crippen LogP contribution in [-0.4, -0.2) is 22.1 Å². The van der Waals surface area contributed by atoms with Crippen LogP contribution in [-0.2, 0) is 0 Å². The van der Waals surface area contributed by atoms with Crippen molar-refractivity contribution in [2.45, 2.75) is 27.7 Å². The third-order valence-electron chi connectivity index (χ3n) is 3.75. The summed E-state index contributed by atoms with van der Waals surface area (Å²) in [5, 5.41) is 6.45. The number of benzene rings is 2. The standard InChI is InChI=1S/C20H23N5O/c1-12-6-13(2)9-16(8-12)21-18-23-19(25-20(24-18)26-5)22-17-10-14(3)7-15(4)11-17/h6-11H,1-5H3,(H2,21,22,23,24,25). The zero-order chi connectivity index (χ0) is 18.7. The molecule has 3 aromatic rings. The predicted octanol–water partition coefficient (Wildman–Crippen LogP) is 4.60. The van der Waals surface area contributed by atoms with E-state index < -0.39 is 0 Å². The van der Waals surface area contributed by atoms with Crippen LogP contribution in [0.5, 0.6) is 6.01 Å². The first kappa shape index (κ1) is 17.7. The van der Waals surface area contributed by atoms with E-state index in [0.717, 1.165) is 11.4 Å². The van der Waals surface area contributed by atoms with Gasteiger partial charge in [0.15, 0.2) is 0 Å². The molecular weight excluding hydrogens is 326 g/mol. The summed E-state index contributed by atoms with van der Waals surface area (Å²) in [6, 6.07) is 12.7. The molecule has 0 amide bonds. The Bertz CT molecular complexity index is 827. The molecule has 0 bridgehead atoms. The van der Waals surface area contributed by atoms with Crippen LogP contribution in [0.25, 0.3) is 0 Å². The number of aryl methyl sites for hydroxylation is 4. The normalized spacial score (nSPS) is 10.5. The first-order valence-corrected chi connectivity index (χ1v) is 8.42. The lowest BCUT2D eigenvalue weighted by Gasteiger charge is -2.11. The van der Waals surface area contributed by atoms with Crippen LogP contribution in [0.4, 0.5) is 23.3 Å². The highest BCUT2D eigenvalue weighted by atomic mass is 16.5. The highest BCUT2D eigenvalue weighted by Crippen LogP contribution is 2.22. The van der Waals surface area contributed by atoms with Crippen LogP contribution in [0.3, 0.4) is 0 Å². The van der Waals surface area contributed by atoms with Crippen LogP contribution >= 0.6 is 0 Å². The molecule has 6 nitrogen and oxygen atoms in total. The Morgan fingerprint density at radius 3 is 1.35 bits per heavy atom. The lowest BCUT2D eigenvalue weighted by Crippen LogP contribution is -2.06. The molecule has 0 aliphatic carbocycles. The minimum absolute atomic E-state index is 0.249. The molecule has 1 aromatic heterocycles. The van der Waals surface area contributed by atoms with Crippen LogP contribution in [0, 0.1) is 27.7 Å². The van der Waals surface area contributed by atoms with Gasteiger partial charge in [-0.2, -0.15) is 15.0 Å². The Morgan fingerprint density at radius 1 is 0.615 bits per heavy atom. The van der Waals surface area contributed by atoms with Gasteiger partial charge in [-0.25, -0.2) is 0 Å². The first-order chi connectivity index (χ1) is 12.4. The van der Waals surface area contributed by atoms with E-state index in [1.165, 1.54) is 29.4 Å². The fraction of sp³-hybridized carbons (Fsp3) is 0.250. The molecule has 26 heavy (non-hydrogen) atoms. The third-order valence-corrected chi connectivity index (χ3v) is 3.75. The van der Waals surface area contributed by atoms with Crippen molar-refractivity contribution >= 4 is 23.3 Å². The van der Waals surface area contributed by atoms with Gasteiger partial charge in [-0.05, 0) is 74.2 Å². The Hall–Kier alpha value is -3.15. The number of hydrogen-bond donors (Lipinski definition) is 2. The number of ether oxygens (including phenoxy) is 1. The molecule has 0 aliphatic rings. The lowest BCUT2D eigenvalue weighted by atomic mass is 10.1. The number of nitrogens with one attached hydrogen (secondary N) is 2. The van der Waals surface area contributed by atoms with Crippen molar-refractivity contribution < 1.29 is 4.74 Å². The molecule has 0 aliphatic heterocycles. The molecule has 0 fully saturated rings. The largest absolute Gasteiger partial charge is 0.467 e. The molecule has 2 aromatic carbocycles. The van der Waals surface area contributed by atoms with E-state index in [1.54, 1.807) is 0 Å². The second-order valence-electron chi connectivity index (χ2n) is 6.47. The number of methoxy groups -OCH3 is 1. The van der Waals surface area contributed by atoms with E-state index in [1.807, 2.05) is 24.3 Å². The summed E-state index contributed by atoms with van der Waals surface area (Å²) in [5.74, 6) is 0.849. The fourth-order valence-corrected chi connectivity index (χ4v) is 2.91. The van der Waals surface area contributed by atoms with Gasteiger partial charge in [-0.3, -0.25) is 0 Å². The molecule has 0 saturated heterocycles. The van der Waals surface area contributed by atoms with Gasteiger partial charge in [-0.15, -0.1) is 0 Å². The summed E-state index contributed by atoms with van der Waals surface area (Å²) >= 11 is 0. The summed E-state index contributed by atoms with van der Waals surface area (Å²) in [6.07, 6.45) is 0. The Balaban J connectivity index is 1.90. The zero-order valence-corrected chi connectivity index (χ0v) is 15.7. The smallest absolute Gasteiger partial charge is 0.322 e. The molecule has 0 atom stereocenters. The highest BCUT2D eigenvalue weighted by molar-refractivity contribution is 5.60. The van der Waals surface area contributed by atoms with Gasteiger partial charge in [0, 0.05) is 11.4 Å². The van der Waals surface area contributed by atoms with Gasteiger partial charge >= 0.3 is 6.01 Å². The van der Waals surface area contributed by atoms with E-state index in [4.69, 9.17) is 4.74 Å². The second-order valence-corrected chi connectivity index (χ2v) is 6.47. The minimum Gasteiger partial charge on any atom is -0.467 e. The Morgan fingerprint density at radius 2 is 1.00 bits per heavy atom. The SMILES string of the molecule is COc1nc(Nc2cc(C)cc(C)c2)nc(Nc2cc(C)cc(C)c2)n1. The first-order valence-electron chi connectivity index (χ1n) is 8.42. The van der Waals surface area contributed by atoms with Gasteiger partial charge in [0.05, 0.1) is 7.11 Å². The van der Waals surface area contributed by atoms with Crippen LogP contribution in [0.2, 0.25) is 0 Å². The molecular formula is C20H23N5O. The fourth-order valence-electron chi connectivity index (χ4n) is 2.91. The van der Waals surface area contributed by atoms with E-state index in [9.17, 15) is 0 Å². The van der Waals surface area contributed by atoms with Gasteiger partial charge in [-0.1, -0.05) is 12.1 Å². The number of aromatic nitrogens is 3. The van der Waals surface area contributed by atoms with Crippen LogP contribution in [0.1, 0.15) is 22.3 Å². The Labute approximate surface area is 153 Å². The molecule has 3 rings (SSSR count). The molecule has 134 valence electrons. The summed E-state index contributed by atoms with van der Waals surface area (Å²) in [7, 11) is 1.54. The van der Waals surface area contributed by atoms with E-state index in [-0.39, 0.29) is 6.01 Å². The number of anilines is 4. The van der Waals surface area contributed by atoms with Crippen molar-refractivity contribution in [2.24, 2.45) is 0 Å². The maximum absolute atomic E-state index is 5.22. The van der Waals surface area contributed by atoms with Gasteiger partial charge in [0.25, 0.3) is 0 Å². The maximum Gasteiger partial charge on any atom is 0.322 e. The second kappa shape index (κ2) is 7.39. The number of rotatable bonds is 5. The molecule has 0 spiro atoms. The molecule has 0 saturated carbocycles. The summed E-state index contributed by atoms with van der Waals surface area (Å²) in [4.78, 5) is 13.0. The van der Waals surface area contributed by atoms with Gasteiger partial charge < -0.3 is 15.4 Å². The lowest BCUT2D eigenvalue weighted by molar-refractivity contribution is 0.380.